The number of nitrogens with zero attached hydrogens (tertiary/aromatic N) is 1. The number of carboxylic acids is 1. The predicted octanol–water partition coefficient (Wildman–Crippen LogP) is 0.745. The van der Waals surface area contributed by atoms with Gasteiger partial charge in [-0.15, -0.1) is 0 Å². The molecule has 1 atom stereocenters. The highest BCUT2D eigenvalue weighted by molar-refractivity contribution is 5.88. The van der Waals surface area contributed by atoms with Gasteiger partial charge in [-0.2, -0.15) is 0 Å². The van der Waals surface area contributed by atoms with Crippen molar-refractivity contribution in [3.63, 3.8) is 0 Å². The Hall–Kier alpha value is -1.69. The van der Waals surface area contributed by atoms with Gasteiger partial charge in [0.25, 0.3) is 0 Å². The first-order valence-electron chi connectivity index (χ1n) is 5.08. The zero-order valence-electron chi connectivity index (χ0n) is 9.28. The topological polar surface area (TPSA) is 77.7 Å². The van der Waals surface area contributed by atoms with Crippen molar-refractivity contribution in [3.8, 4) is 0 Å². The van der Waals surface area contributed by atoms with E-state index in [9.17, 15) is 4.79 Å². The van der Waals surface area contributed by atoms with Crippen LogP contribution in [0.25, 0.3) is 0 Å². The van der Waals surface area contributed by atoms with Crippen LogP contribution >= 0.6 is 0 Å². The van der Waals surface area contributed by atoms with Crippen LogP contribution in [0.5, 0.6) is 0 Å². The molecule has 0 bridgehead atoms. The summed E-state index contributed by atoms with van der Waals surface area (Å²) in [7, 11) is 3.99. The zero-order valence-corrected chi connectivity index (χ0v) is 9.28. The molecule has 0 spiro atoms. The van der Waals surface area contributed by atoms with Crippen molar-refractivity contribution in [2.45, 2.75) is 6.04 Å². The molecular formula is C10H15N3O3. The Morgan fingerprint density at radius 2 is 2.44 bits per heavy atom. The van der Waals surface area contributed by atoms with Gasteiger partial charge in [-0.1, -0.05) is 0 Å². The Morgan fingerprint density at radius 1 is 1.69 bits per heavy atom. The number of anilines is 2. The number of carbonyl (C=O) groups is 1. The van der Waals surface area contributed by atoms with Crippen molar-refractivity contribution in [2.75, 3.05) is 37.8 Å². The number of hydrogen-bond acceptors (Lipinski definition) is 5. The third kappa shape index (κ3) is 2.11. The van der Waals surface area contributed by atoms with Gasteiger partial charge in [0.1, 0.15) is 0 Å². The van der Waals surface area contributed by atoms with Crippen LogP contribution < -0.4 is 10.6 Å². The fourth-order valence-corrected chi connectivity index (χ4v) is 1.77. The predicted molar refractivity (Wildman–Crippen MR) is 60.1 cm³/mol. The smallest absolute Gasteiger partial charge is 0.371 e. The molecular weight excluding hydrogens is 210 g/mol. The van der Waals surface area contributed by atoms with E-state index in [2.05, 4.69) is 15.5 Å². The molecule has 1 unspecified atom stereocenters. The fourth-order valence-electron chi connectivity index (χ4n) is 1.77. The molecule has 0 saturated carbocycles. The Morgan fingerprint density at radius 3 is 3.06 bits per heavy atom. The minimum atomic E-state index is -1.05. The first-order chi connectivity index (χ1) is 7.56. The second-order valence-corrected chi connectivity index (χ2v) is 4.14. The lowest BCUT2D eigenvalue weighted by Crippen LogP contribution is -2.40. The Bertz CT molecular complexity index is 400. The number of rotatable bonds is 3. The van der Waals surface area contributed by atoms with E-state index in [0.717, 1.165) is 18.8 Å². The quantitative estimate of drug-likeness (QED) is 0.704. The summed E-state index contributed by atoms with van der Waals surface area (Å²) in [5.41, 5.74) is 0.718. The molecule has 0 radical (unpaired) electrons. The zero-order chi connectivity index (χ0) is 11.7. The molecule has 6 heteroatoms. The van der Waals surface area contributed by atoms with Crippen molar-refractivity contribution in [3.05, 3.63) is 11.8 Å². The largest absolute Gasteiger partial charge is 0.475 e. The summed E-state index contributed by atoms with van der Waals surface area (Å²) in [5.74, 6) is -0.593. The molecule has 1 aromatic heterocycles. The molecule has 1 aliphatic heterocycles. The van der Waals surface area contributed by atoms with Gasteiger partial charge in [0.2, 0.25) is 11.6 Å². The number of furan rings is 1. The molecule has 1 aromatic rings. The van der Waals surface area contributed by atoms with Crippen LogP contribution in [0.15, 0.2) is 10.5 Å². The lowest BCUT2D eigenvalue weighted by molar-refractivity contribution is 0.0663. The number of hydrogen-bond donors (Lipinski definition) is 3. The SMILES string of the molecule is CN(C)CC1CNc2oc(C(=O)O)cc2N1. The summed E-state index contributed by atoms with van der Waals surface area (Å²) in [6.07, 6.45) is 0. The monoisotopic (exact) mass is 225 g/mol. The van der Waals surface area contributed by atoms with E-state index in [1.807, 2.05) is 14.1 Å². The van der Waals surface area contributed by atoms with Crippen molar-refractivity contribution in [2.24, 2.45) is 0 Å². The van der Waals surface area contributed by atoms with Crippen LogP contribution in [0.1, 0.15) is 10.6 Å². The summed E-state index contributed by atoms with van der Waals surface area (Å²) < 4.78 is 5.13. The molecule has 0 fully saturated rings. The van der Waals surface area contributed by atoms with Crippen molar-refractivity contribution >= 4 is 17.5 Å². The van der Waals surface area contributed by atoms with Crippen LogP contribution in [0.4, 0.5) is 11.6 Å². The number of carboxylic acid groups (broad SMARTS) is 1. The molecule has 2 heterocycles. The van der Waals surface area contributed by atoms with Gasteiger partial charge < -0.3 is 25.1 Å². The second-order valence-electron chi connectivity index (χ2n) is 4.14. The second kappa shape index (κ2) is 4.05. The lowest BCUT2D eigenvalue weighted by atomic mass is 10.2. The Kier molecular flexibility index (Phi) is 2.74. The van der Waals surface area contributed by atoms with Gasteiger partial charge in [-0.05, 0) is 14.1 Å². The molecule has 16 heavy (non-hydrogen) atoms. The molecule has 88 valence electrons. The molecule has 0 amide bonds. The number of nitrogens with one attached hydrogen (secondary N) is 2. The van der Waals surface area contributed by atoms with Crippen molar-refractivity contribution < 1.29 is 14.3 Å². The summed E-state index contributed by atoms with van der Waals surface area (Å²) >= 11 is 0. The maximum Gasteiger partial charge on any atom is 0.371 e. The van der Waals surface area contributed by atoms with Gasteiger partial charge in [0, 0.05) is 19.2 Å². The first-order valence-corrected chi connectivity index (χ1v) is 5.08. The van der Waals surface area contributed by atoms with Crippen molar-refractivity contribution in [1.82, 2.24) is 4.90 Å². The minimum Gasteiger partial charge on any atom is -0.475 e. The van der Waals surface area contributed by atoms with Gasteiger partial charge in [0.05, 0.1) is 11.7 Å². The maximum atomic E-state index is 10.7. The highest BCUT2D eigenvalue weighted by Gasteiger charge is 2.23. The maximum absolute atomic E-state index is 10.7. The normalized spacial score (nSPS) is 18.8. The summed E-state index contributed by atoms with van der Waals surface area (Å²) in [6, 6.07) is 1.76. The highest BCUT2D eigenvalue weighted by atomic mass is 16.4. The molecule has 0 aliphatic carbocycles. The van der Waals surface area contributed by atoms with Gasteiger partial charge >= 0.3 is 5.97 Å². The summed E-state index contributed by atoms with van der Waals surface area (Å²) in [4.78, 5) is 12.8. The molecule has 0 saturated heterocycles. The van der Waals surface area contributed by atoms with Crippen LogP contribution in [0.2, 0.25) is 0 Å². The molecule has 3 N–H and O–H groups in total. The van der Waals surface area contributed by atoms with Crippen LogP contribution in [0.3, 0.4) is 0 Å². The number of likely N-dealkylation sites (N-methyl/N-ethyl adjacent to an activating group) is 1. The van der Waals surface area contributed by atoms with E-state index < -0.39 is 5.97 Å². The van der Waals surface area contributed by atoms with E-state index in [4.69, 9.17) is 9.52 Å². The Labute approximate surface area is 93.2 Å². The van der Waals surface area contributed by atoms with E-state index in [0.29, 0.717) is 5.88 Å². The highest BCUT2D eigenvalue weighted by Crippen LogP contribution is 2.30. The molecule has 6 nitrogen and oxygen atoms in total. The molecule has 0 aromatic carbocycles. The molecule has 2 rings (SSSR count). The standard InChI is InChI=1S/C10H15N3O3/c1-13(2)5-6-4-11-9-7(12-6)3-8(16-9)10(14)15/h3,6,11-12H,4-5H2,1-2H3,(H,14,15). The summed E-state index contributed by atoms with van der Waals surface area (Å²) in [6.45, 7) is 1.60. The van der Waals surface area contributed by atoms with Crippen LogP contribution in [-0.2, 0) is 0 Å². The number of aromatic carboxylic acids is 1. The average molecular weight is 225 g/mol. The van der Waals surface area contributed by atoms with E-state index in [1.165, 1.54) is 6.07 Å². The van der Waals surface area contributed by atoms with Crippen LogP contribution in [0, 0.1) is 0 Å². The summed E-state index contributed by atoms with van der Waals surface area (Å²) in [5, 5.41) is 15.1. The lowest BCUT2D eigenvalue weighted by Gasteiger charge is -2.27. The van der Waals surface area contributed by atoms with Gasteiger partial charge in [0.15, 0.2) is 0 Å². The van der Waals surface area contributed by atoms with Gasteiger partial charge in [-0.25, -0.2) is 4.79 Å². The van der Waals surface area contributed by atoms with E-state index >= 15 is 0 Å². The van der Waals surface area contributed by atoms with Crippen LogP contribution in [-0.4, -0.2) is 49.2 Å². The minimum absolute atomic E-state index is 0.0458. The van der Waals surface area contributed by atoms with E-state index in [1.54, 1.807) is 0 Å². The third-order valence-corrected chi connectivity index (χ3v) is 2.40. The Balaban J connectivity index is 2.11. The number of fused-ring (bicyclic) bond motifs is 1. The van der Waals surface area contributed by atoms with Crippen molar-refractivity contribution in [1.29, 1.82) is 0 Å². The van der Waals surface area contributed by atoms with Gasteiger partial charge in [-0.3, -0.25) is 0 Å². The van der Waals surface area contributed by atoms with E-state index in [-0.39, 0.29) is 11.8 Å². The first kappa shape index (κ1) is 10.8. The molecule has 1 aliphatic rings. The third-order valence-electron chi connectivity index (χ3n) is 2.40. The fraction of sp³-hybridized carbons (Fsp3) is 0.500. The average Bonchev–Trinajstić information content (AvgIpc) is 2.59.